The highest BCUT2D eigenvalue weighted by molar-refractivity contribution is 5.89. The summed E-state index contributed by atoms with van der Waals surface area (Å²) in [7, 11) is 4.65. The van der Waals surface area contributed by atoms with Crippen molar-refractivity contribution in [1.82, 2.24) is 5.32 Å². The number of hydrogen-bond acceptors (Lipinski definition) is 4. The highest BCUT2D eigenvalue weighted by atomic mass is 16.5. The molecule has 2 aromatic rings. The summed E-state index contributed by atoms with van der Waals surface area (Å²) in [6.07, 6.45) is 0. The van der Waals surface area contributed by atoms with E-state index in [1.165, 1.54) is 0 Å². The van der Waals surface area contributed by atoms with Gasteiger partial charge in [-0.1, -0.05) is 18.2 Å². The fourth-order valence-electron chi connectivity index (χ4n) is 2.17. The minimum atomic E-state index is -0.298. The quantitative estimate of drug-likeness (QED) is 0.859. The van der Waals surface area contributed by atoms with Crippen molar-refractivity contribution in [2.24, 2.45) is 0 Å². The van der Waals surface area contributed by atoms with E-state index in [4.69, 9.17) is 14.2 Å². The van der Waals surface area contributed by atoms with Gasteiger partial charge in [0.25, 0.3) is 0 Å². The van der Waals surface area contributed by atoms with E-state index in [2.05, 4.69) is 10.6 Å². The van der Waals surface area contributed by atoms with Crippen molar-refractivity contribution in [3.05, 3.63) is 48.0 Å². The molecular weight excluding hydrogens is 296 g/mol. The van der Waals surface area contributed by atoms with E-state index in [1.54, 1.807) is 27.4 Å². The first-order valence-electron chi connectivity index (χ1n) is 7.07. The third kappa shape index (κ3) is 4.06. The first kappa shape index (κ1) is 16.5. The Morgan fingerprint density at radius 2 is 1.61 bits per heavy atom. The summed E-state index contributed by atoms with van der Waals surface area (Å²) in [6, 6.07) is 12.5. The van der Waals surface area contributed by atoms with Crippen LogP contribution in [-0.4, -0.2) is 27.4 Å². The molecule has 2 rings (SSSR count). The number of para-hydroxylation sites is 1. The minimum Gasteiger partial charge on any atom is -0.493 e. The van der Waals surface area contributed by atoms with Crippen LogP contribution in [-0.2, 0) is 6.54 Å². The SMILES string of the molecule is COc1ccc(CNC(=O)Nc2ccccc2)c(OC)c1OC. The molecule has 0 aromatic heterocycles. The molecule has 0 saturated heterocycles. The Morgan fingerprint density at radius 3 is 2.22 bits per heavy atom. The summed E-state index contributed by atoms with van der Waals surface area (Å²) in [5.41, 5.74) is 1.51. The second kappa shape index (κ2) is 7.93. The van der Waals surface area contributed by atoms with Crippen molar-refractivity contribution in [3.63, 3.8) is 0 Å². The van der Waals surface area contributed by atoms with Crippen LogP contribution in [0.3, 0.4) is 0 Å². The Bertz CT molecular complexity index is 659. The van der Waals surface area contributed by atoms with Gasteiger partial charge < -0.3 is 24.8 Å². The van der Waals surface area contributed by atoms with E-state index in [1.807, 2.05) is 36.4 Å². The van der Waals surface area contributed by atoms with Crippen LogP contribution in [0, 0.1) is 0 Å². The number of methoxy groups -OCH3 is 3. The number of anilines is 1. The van der Waals surface area contributed by atoms with Gasteiger partial charge in [-0.15, -0.1) is 0 Å². The molecule has 0 aliphatic heterocycles. The lowest BCUT2D eigenvalue weighted by atomic mass is 10.1. The Hall–Kier alpha value is -2.89. The normalized spacial score (nSPS) is 9.87. The van der Waals surface area contributed by atoms with Gasteiger partial charge in [0.2, 0.25) is 5.75 Å². The molecule has 2 aromatic carbocycles. The number of carbonyl (C=O) groups is 1. The maximum atomic E-state index is 11.9. The van der Waals surface area contributed by atoms with Crippen LogP contribution in [0.5, 0.6) is 17.2 Å². The van der Waals surface area contributed by atoms with Crippen LogP contribution in [0.4, 0.5) is 10.5 Å². The Labute approximate surface area is 135 Å². The number of nitrogens with one attached hydrogen (secondary N) is 2. The molecule has 23 heavy (non-hydrogen) atoms. The van der Waals surface area contributed by atoms with Crippen LogP contribution in [0.1, 0.15) is 5.56 Å². The number of rotatable bonds is 6. The van der Waals surface area contributed by atoms with Crippen molar-refractivity contribution in [2.75, 3.05) is 26.6 Å². The molecule has 0 spiro atoms. The van der Waals surface area contributed by atoms with E-state index < -0.39 is 0 Å². The van der Waals surface area contributed by atoms with E-state index in [0.29, 0.717) is 23.8 Å². The van der Waals surface area contributed by atoms with Crippen LogP contribution < -0.4 is 24.8 Å². The first-order valence-corrected chi connectivity index (χ1v) is 7.07. The average molecular weight is 316 g/mol. The van der Waals surface area contributed by atoms with Gasteiger partial charge in [-0.25, -0.2) is 4.79 Å². The van der Waals surface area contributed by atoms with Crippen molar-refractivity contribution in [1.29, 1.82) is 0 Å². The summed E-state index contributed by atoms with van der Waals surface area (Å²) in [6.45, 7) is 0.294. The number of carbonyl (C=O) groups excluding carboxylic acids is 1. The van der Waals surface area contributed by atoms with Gasteiger partial charge in [-0.2, -0.15) is 0 Å². The second-order valence-corrected chi connectivity index (χ2v) is 4.67. The highest BCUT2D eigenvalue weighted by Gasteiger charge is 2.16. The van der Waals surface area contributed by atoms with Gasteiger partial charge in [0.15, 0.2) is 11.5 Å². The van der Waals surface area contributed by atoms with Crippen LogP contribution in [0.2, 0.25) is 0 Å². The van der Waals surface area contributed by atoms with Gasteiger partial charge >= 0.3 is 6.03 Å². The van der Waals surface area contributed by atoms with E-state index in [9.17, 15) is 4.79 Å². The predicted molar refractivity (Wildman–Crippen MR) is 88.4 cm³/mol. The van der Waals surface area contributed by atoms with Crippen LogP contribution in [0.25, 0.3) is 0 Å². The van der Waals surface area contributed by atoms with Gasteiger partial charge in [-0.05, 0) is 24.3 Å². The Kier molecular flexibility index (Phi) is 5.68. The summed E-state index contributed by atoms with van der Waals surface area (Å²) in [5, 5.41) is 5.54. The molecule has 0 bridgehead atoms. The Balaban J connectivity index is 2.06. The minimum absolute atomic E-state index is 0.294. The zero-order valence-corrected chi connectivity index (χ0v) is 13.4. The molecule has 6 nitrogen and oxygen atoms in total. The molecule has 122 valence electrons. The van der Waals surface area contributed by atoms with Crippen molar-refractivity contribution in [2.45, 2.75) is 6.54 Å². The highest BCUT2D eigenvalue weighted by Crippen LogP contribution is 2.39. The third-order valence-corrected chi connectivity index (χ3v) is 3.26. The van der Waals surface area contributed by atoms with Gasteiger partial charge in [0.1, 0.15) is 0 Å². The molecule has 0 aliphatic rings. The van der Waals surface area contributed by atoms with E-state index in [-0.39, 0.29) is 6.03 Å². The average Bonchev–Trinajstić information content (AvgIpc) is 2.59. The van der Waals surface area contributed by atoms with Crippen molar-refractivity contribution in [3.8, 4) is 17.2 Å². The fourth-order valence-corrected chi connectivity index (χ4v) is 2.17. The second-order valence-electron chi connectivity index (χ2n) is 4.67. The zero-order valence-electron chi connectivity index (χ0n) is 13.4. The van der Waals surface area contributed by atoms with Crippen LogP contribution >= 0.6 is 0 Å². The third-order valence-electron chi connectivity index (χ3n) is 3.26. The topological polar surface area (TPSA) is 68.8 Å². The largest absolute Gasteiger partial charge is 0.493 e. The van der Waals surface area contributed by atoms with E-state index in [0.717, 1.165) is 11.3 Å². The molecule has 0 aliphatic carbocycles. The summed E-state index contributed by atoms with van der Waals surface area (Å²) in [4.78, 5) is 11.9. The molecule has 0 unspecified atom stereocenters. The van der Waals surface area contributed by atoms with Gasteiger partial charge in [0.05, 0.1) is 21.3 Å². The Morgan fingerprint density at radius 1 is 0.913 bits per heavy atom. The summed E-state index contributed by atoms with van der Waals surface area (Å²) < 4.78 is 15.9. The van der Waals surface area contributed by atoms with Crippen LogP contribution in [0.15, 0.2) is 42.5 Å². The predicted octanol–water partition coefficient (Wildman–Crippen LogP) is 3.03. The van der Waals surface area contributed by atoms with Gasteiger partial charge in [-0.3, -0.25) is 0 Å². The molecule has 2 N–H and O–H groups in total. The van der Waals surface area contributed by atoms with Gasteiger partial charge in [0, 0.05) is 17.8 Å². The maximum absolute atomic E-state index is 11.9. The smallest absolute Gasteiger partial charge is 0.319 e. The molecule has 0 atom stereocenters. The lowest BCUT2D eigenvalue weighted by molar-refractivity contribution is 0.251. The molecule has 6 heteroatoms. The maximum Gasteiger partial charge on any atom is 0.319 e. The van der Waals surface area contributed by atoms with Crippen molar-refractivity contribution >= 4 is 11.7 Å². The summed E-state index contributed by atoms with van der Waals surface area (Å²) in [5.74, 6) is 1.60. The lowest BCUT2D eigenvalue weighted by Crippen LogP contribution is -2.28. The van der Waals surface area contributed by atoms with E-state index >= 15 is 0 Å². The summed E-state index contributed by atoms with van der Waals surface area (Å²) >= 11 is 0. The molecule has 0 saturated carbocycles. The first-order chi connectivity index (χ1) is 11.2. The molecular formula is C17H20N2O4. The standard InChI is InChI=1S/C17H20N2O4/c1-21-14-10-9-12(15(22-2)16(14)23-3)11-18-17(20)19-13-7-5-4-6-8-13/h4-10H,11H2,1-3H3,(H2,18,19,20). The lowest BCUT2D eigenvalue weighted by Gasteiger charge is -2.16. The zero-order chi connectivity index (χ0) is 16.7. The molecule has 0 radical (unpaired) electrons. The number of benzene rings is 2. The molecule has 0 fully saturated rings. The number of amides is 2. The number of ether oxygens (including phenoxy) is 3. The fraction of sp³-hybridized carbons (Fsp3) is 0.235. The number of hydrogen-bond donors (Lipinski definition) is 2. The molecule has 2 amide bonds. The number of urea groups is 1. The molecule has 0 heterocycles. The van der Waals surface area contributed by atoms with Crippen molar-refractivity contribution < 1.29 is 19.0 Å². The monoisotopic (exact) mass is 316 g/mol.